The summed E-state index contributed by atoms with van der Waals surface area (Å²) in [5, 5.41) is 9.48. The minimum absolute atomic E-state index is 0.0849. The van der Waals surface area contributed by atoms with Gasteiger partial charge in [-0.15, -0.1) is 0 Å². The first-order valence-electron chi connectivity index (χ1n) is 12.2. The molecule has 0 spiro atoms. The van der Waals surface area contributed by atoms with Crippen molar-refractivity contribution in [3.05, 3.63) is 35.4 Å². The predicted molar refractivity (Wildman–Crippen MR) is 129 cm³/mol. The summed E-state index contributed by atoms with van der Waals surface area (Å²) in [7, 11) is 0. The molecule has 1 aromatic rings. The molecule has 4 aliphatic carbocycles. The van der Waals surface area contributed by atoms with Crippen LogP contribution in [0.1, 0.15) is 77.3 Å². The van der Waals surface area contributed by atoms with Crippen LogP contribution in [0.15, 0.2) is 29.3 Å². The van der Waals surface area contributed by atoms with Crippen molar-refractivity contribution < 1.29 is 9.53 Å². The van der Waals surface area contributed by atoms with Crippen LogP contribution in [-0.2, 0) is 21.6 Å². The van der Waals surface area contributed by atoms with Crippen molar-refractivity contribution in [2.45, 2.75) is 89.9 Å². The monoisotopic (exact) mass is 450 g/mol. The van der Waals surface area contributed by atoms with Crippen LogP contribution in [-0.4, -0.2) is 23.4 Å². The average molecular weight is 451 g/mol. The van der Waals surface area contributed by atoms with E-state index in [-0.39, 0.29) is 29.2 Å². The zero-order chi connectivity index (χ0) is 24.0. The second-order valence-corrected chi connectivity index (χ2v) is 11.9. The van der Waals surface area contributed by atoms with Crippen molar-refractivity contribution in [3.63, 3.8) is 0 Å². The molecule has 178 valence electrons. The number of nitrogens with zero attached hydrogens (tertiary/aromatic N) is 2. The highest BCUT2D eigenvalue weighted by molar-refractivity contribution is 5.89. The smallest absolute Gasteiger partial charge is 0.223 e. The summed E-state index contributed by atoms with van der Waals surface area (Å²) in [4.78, 5) is 17.2. The van der Waals surface area contributed by atoms with Crippen LogP contribution in [0, 0.1) is 34.5 Å². The van der Waals surface area contributed by atoms with Crippen LogP contribution >= 0.6 is 0 Å². The minimum atomic E-state index is -0.951. The zero-order valence-electron chi connectivity index (χ0n) is 20.4. The van der Waals surface area contributed by atoms with Gasteiger partial charge in [-0.25, -0.2) is 0 Å². The Kier molecular flexibility index (Phi) is 6.07. The summed E-state index contributed by atoms with van der Waals surface area (Å²) in [5.41, 5.74) is 13.5. The summed E-state index contributed by atoms with van der Waals surface area (Å²) in [6, 6.07) is 10.7. The highest BCUT2D eigenvalue weighted by Crippen LogP contribution is 2.60. The standard InChI is InChI=1S/C27H38N4O2/c1-25(2,3)21-7-5-17(6-8-21)16-33-26(4,9-10-28)23(29)31-22-19-11-18-12-20(22)15-27(13-18,14-19)24(30)32/h5-8,18-20,22H,9,11-16H2,1-4H3,(H2,29,31)(H2,30,32). The van der Waals surface area contributed by atoms with Gasteiger partial charge < -0.3 is 16.2 Å². The second kappa shape index (κ2) is 8.43. The Bertz CT molecular complexity index is 955. The fraction of sp³-hybridized carbons (Fsp3) is 0.667. The van der Waals surface area contributed by atoms with E-state index < -0.39 is 5.60 Å². The number of amidine groups is 1. The van der Waals surface area contributed by atoms with Gasteiger partial charge in [-0.2, -0.15) is 5.26 Å². The lowest BCUT2D eigenvalue weighted by Crippen LogP contribution is -2.58. The van der Waals surface area contributed by atoms with Gasteiger partial charge in [-0.3, -0.25) is 9.79 Å². The number of nitriles is 1. The third-order valence-electron chi connectivity index (χ3n) is 8.37. The van der Waals surface area contributed by atoms with E-state index in [1.54, 1.807) is 0 Å². The molecule has 0 aliphatic heterocycles. The van der Waals surface area contributed by atoms with Crippen LogP contribution in [0.3, 0.4) is 0 Å². The summed E-state index contributed by atoms with van der Waals surface area (Å²) >= 11 is 0. The number of hydrogen-bond donors (Lipinski definition) is 2. The summed E-state index contributed by atoms with van der Waals surface area (Å²) in [6.07, 6.45) is 4.87. The molecule has 0 saturated heterocycles. The van der Waals surface area contributed by atoms with Crippen molar-refractivity contribution in [3.8, 4) is 6.07 Å². The van der Waals surface area contributed by atoms with Crippen LogP contribution in [0.5, 0.6) is 0 Å². The molecule has 6 nitrogen and oxygen atoms in total. The van der Waals surface area contributed by atoms with Crippen LogP contribution in [0.2, 0.25) is 0 Å². The number of benzene rings is 1. The first kappa shape index (κ1) is 23.8. The van der Waals surface area contributed by atoms with E-state index in [1.165, 1.54) is 5.56 Å². The van der Waals surface area contributed by atoms with Gasteiger partial charge in [0, 0.05) is 5.41 Å². The van der Waals surface area contributed by atoms with E-state index in [4.69, 9.17) is 21.2 Å². The van der Waals surface area contributed by atoms with Gasteiger partial charge in [0.2, 0.25) is 5.91 Å². The van der Waals surface area contributed by atoms with Crippen molar-refractivity contribution >= 4 is 11.7 Å². The van der Waals surface area contributed by atoms with Crippen molar-refractivity contribution in [1.82, 2.24) is 0 Å². The SMILES string of the molecule is CC(CC#N)(OCc1ccc(C(C)(C)C)cc1)C(N)=NC1C2CC3CC1CC(C(N)=O)(C3)C2. The molecule has 4 bridgehead atoms. The first-order valence-corrected chi connectivity index (χ1v) is 12.2. The first-order chi connectivity index (χ1) is 15.5. The Morgan fingerprint density at radius 2 is 1.73 bits per heavy atom. The maximum atomic E-state index is 12.2. The molecular formula is C27H38N4O2. The Morgan fingerprint density at radius 1 is 1.12 bits per heavy atom. The number of amides is 1. The lowest BCUT2D eigenvalue weighted by atomic mass is 9.48. The normalized spacial score (nSPS) is 32.9. The molecule has 1 amide bonds. The number of primary amides is 1. The molecule has 6 heteroatoms. The molecule has 4 aliphatic rings. The maximum Gasteiger partial charge on any atom is 0.223 e. The Balaban J connectivity index is 1.49. The van der Waals surface area contributed by atoms with E-state index in [9.17, 15) is 10.1 Å². The third-order valence-corrected chi connectivity index (χ3v) is 8.37. The van der Waals surface area contributed by atoms with Gasteiger partial charge >= 0.3 is 0 Å². The maximum absolute atomic E-state index is 12.2. The second-order valence-electron chi connectivity index (χ2n) is 11.9. The number of aliphatic imine (C=N–C) groups is 1. The van der Waals surface area contributed by atoms with E-state index >= 15 is 0 Å². The molecular weight excluding hydrogens is 412 g/mol. The van der Waals surface area contributed by atoms with Crippen molar-refractivity contribution in [1.29, 1.82) is 5.26 Å². The molecule has 4 fully saturated rings. The summed E-state index contributed by atoms with van der Waals surface area (Å²) < 4.78 is 6.24. The van der Waals surface area contributed by atoms with Gasteiger partial charge in [0.1, 0.15) is 11.4 Å². The Hall–Kier alpha value is -2.39. The topological polar surface area (TPSA) is 114 Å². The minimum Gasteiger partial charge on any atom is -0.385 e. The number of rotatable bonds is 7. The molecule has 5 rings (SSSR count). The zero-order valence-corrected chi connectivity index (χ0v) is 20.4. The van der Waals surface area contributed by atoms with Crippen LogP contribution < -0.4 is 11.5 Å². The number of hydrogen-bond acceptors (Lipinski definition) is 4. The highest BCUT2D eigenvalue weighted by Gasteiger charge is 2.58. The highest BCUT2D eigenvalue weighted by atomic mass is 16.5. The van der Waals surface area contributed by atoms with Gasteiger partial charge in [0.15, 0.2) is 0 Å². The third kappa shape index (κ3) is 4.53. The Labute approximate surface area is 197 Å². The molecule has 1 aromatic carbocycles. The lowest BCUT2D eigenvalue weighted by Gasteiger charge is -2.57. The quantitative estimate of drug-likeness (QED) is 0.478. The van der Waals surface area contributed by atoms with E-state index in [1.807, 2.05) is 6.92 Å². The molecule has 0 heterocycles. The largest absolute Gasteiger partial charge is 0.385 e. The average Bonchev–Trinajstić information content (AvgIpc) is 2.74. The number of ether oxygens (including phenoxy) is 1. The van der Waals surface area contributed by atoms with Crippen molar-refractivity contribution in [2.24, 2.45) is 39.6 Å². The van der Waals surface area contributed by atoms with Crippen LogP contribution in [0.25, 0.3) is 0 Å². The van der Waals surface area contributed by atoms with Gasteiger partial charge in [-0.05, 0) is 73.3 Å². The molecule has 3 atom stereocenters. The summed E-state index contributed by atoms with van der Waals surface area (Å²) in [5.74, 6) is 1.48. The molecule has 0 radical (unpaired) electrons. The molecule has 33 heavy (non-hydrogen) atoms. The van der Waals surface area contributed by atoms with Gasteiger partial charge in [0.25, 0.3) is 0 Å². The molecule has 4 N–H and O–H groups in total. The van der Waals surface area contributed by atoms with E-state index in [0.717, 1.165) is 37.7 Å². The molecule has 3 unspecified atom stereocenters. The Morgan fingerprint density at radius 3 is 2.24 bits per heavy atom. The van der Waals surface area contributed by atoms with Crippen LogP contribution in [0.4, 0.5) is 0 Å². The number of carbonyl (C=O) groups is 1. The number of carbonyl (C=O) groups excluding carboxylic acids is 1. The van der Waals surface area contributed by atoms with Crippen molar-refractivity contribution in [2.75, 3.05) is 0 Å². The number of nitrogens with two attached hydrogens (primary N) is 2. The fourth-order valence-electron chi connectivity index (χ4n) is 6.52. The van der Waals surface area contributed by atoms with E-state index in [0.29, 0.717) is 30.2 Å². The lowest BCUT2D eigenvalue weighted by molar-refractivity contribution is -0.144. The van der Waals surface area contributed by atoms with Gasteiger partial charge in [-0.1, -0.05) is 45.0 Å². The summed E-state index contributed by atoms with van der Waals surface area (Å²) in [6.45, 7) is 8.79. The van der Waals surface area contributed by atoms with Gasteiger partial charge in [0.05, 0.1) is 25.1 Å². The predicted octanol–water partition coefficient (Wildman–Crippen LogP) is 4.21. The molecule has 0 aromatic heterocycles. The fourth-order valence-corrected chi connectivity index (χ4v) is 6.52. The van der Waals surface area contributed by atoms with E-state index in [2.05, 4.69) is 51.1 Å². The molecule has 4 saturated carbocycles.